The number of nitrogens with zero attached hydrogens (tertiary/aromatic N) is 2. The predicted molar refractivity (Wildman–Crippen MR) is 282 cm³/mol. The molecular weight excluding hydrogens is 797 g/mol. The molecular formula is C64H46N2. The zero-order valence-electron chi connectivity index (χ0n) is 36.5. The van der Waals surface area contributed by atoms with Gasteiger partial charge >= 0.3 is 0 Å². The number of anilines is 6. The molecule has 0 amide bonds. The normalized spacial score (nSPS) is 11.3. The van der Waals surface area contributed by atoms with E-state index in [1.165, 1.54) is 60.5 Å². The molecule has 11 aromatic rings. The van der Waals surface area contributed by atoms with E-state index in [2.05, 4.69) is 289 Å². The fourth-order valence-corrected chi connectivity index (χ4v) is 9.32. The Bertz CT molecular complexity index is 3340. The van der Waals surface area contributed by atoms with Crippen molar-refractivity contribution in [2.45, 2.75) is 0 Å². The average molecular weight is 843 g/mol. The van der Waals surface area contributed by atoms with Crippen molar-refractivity contribution in [3.05, 3.63) is 278 Å². The summed E-state index contributed by atoms with van der Waals surface area (Å²) in [5, 5.41) is 4.85. The van der Waals surface area contributed by atoms with E-state index < -0.39 is 0 Å². The minimum absolute atomic E-state index is 1.10. The minimum Gasteiger partial charge on any atom is -0.311 e. The lowest BCUT2D eigenvalue weighted by atomic mass is 9.84. The van der Waals surface area contributed by atoms with Gasteiger partial charge in [0.25, 0.3) is 0 Å². The number of benzene rings is 11. The van der Waals surface area contributed by atoms with Crippen LogP contribution in [0.2, 0.25) is 0 Å². The first-order chi connectivity index (χ1) is 32.7. The molecule has 11 rings (SSSR count). The van der Waals surface area contributed by atoms with Gasteiger partial charge in [-0.3, -0.25) is 0 Å². The first kappa shape index (κ1) is 40.1. The molecule has 2 heteroatoms. The summed E-state index contributed by atoms with van der Waals surface area (Å²) in [6.45, 7) is 0. The third-order valence-electron chi connectivity index (χ3n) is 12.4. The zero-order chi connectivity index (χ0) is 44.1. The topological polar surface area (TPSA) is 6.48 Å². The van der Waals surface area contributed by atoms with E-state index in [1.54, 1.807) is 0 Å². The lowest BCUT2D eigenvalue weighted by Crippen LogP contribution is -2.09. The summed E-state index contributed by atoms with van der Waals surface area (Å²) in [5.41, 5.74) is 16.1. The van der Waals surface area contributed by atoms with Crippen LogP contribution in [0.1, 0.15) is 11.1 Å². The van der Waals surface area contributed by atoms with Crippen molar-refractivity contribution >= 4 is 67.8 Å². The summed E-state index contributed by atoms with van der Waals surface area (Å²) >= 11 is 0. The van der Waals surface area contributed by atoms with Gasteiger partial charge in [0.05, 0.1) is 0 Å². The number of hydrogen-bond acceptors (Lipinski definition) is 2. The van der Waals surface area contributed by atoms with Crippen LogP contribution in [0.15, 0.2) is 267 Å². The Labute approximate surface area is 387 Å². The Morgan fingerprint density at radius 2 is 0.545 bits per heavy atom. The fraction of sp³-hybridized carbons (Fsp3) is 0. The molecule has 0 bridgehead atoms. The number of hydrogen-bond donors (Lipinski definition) is 0. The summed E-state index contributed by atoms with van der Waals surface area (Å²) < 4.78 is 0. The fourth-order valence-electron chi connectivity index (χ4n) is 9.32. The van der Waals surface area contributed by atoms with E-state index in [1.807, 2.05) is 0 Å². The molecule has 11 aromatic carbocycles. The summed E-state index contributed by atoms with van der Waals surface area (Å²) in [4.78, 5) is 4.64. The second-order valence-electron chi connectivity index (χ2n) is 16.5. The molecule has 0 spiro atoms. The van der Waals surface area contributed by atoms with Crippen LogP contribution < -0.4 is 9.80 Å². The molecule has 0 unspecified atom stereocenters. The summed E-state index contributed by atoms with van der Waals surface area (Å²) in [6, 6.07) is 96.0. The number of para-hydroxylation sites is 4. The lowest BCUT2D eigenvalue weighted by Gasteiger charge is -2.26. The minimum atomic E-state index is 1.10. The molecule has 0 N–H and O–H groups in total. The summed E-state index contributed by atoms with van der Waals surface area (Å²) in [7, 11) is 0. The molecule has 0 radical (unpaired) electrons. The van der Waals surface area contributed by atoms with Gasteiger partial charge in [0.15, 0.2) is 0 Å². The molecule has 0 heterocycles. The molecule has 0 atom stereocenters. The highest BCUT2D eigenvalue weighted by atomic mass is 15.1. The molecule has 0 aromatic heterocycles. The maximum atomic E-state index is 2.41. The van der Waals surface area contributed by atoms with Crippen molar-refractivity contribution < 1.29 is 0 Å². The average Bonchev–Trinajstić information content (AvgIpc) is 3.39. The quantitative estimate of drug-likeness (QED) is 0.0945. The second-order valence-corrected chi connectivity index (χ2v) is 16.5. The largest absolute Gasteiger partial charge is 0.311 e. The van der Waals surface area contributed by atoms with Crippen molar-refractivity contribution in [3.63, 3.8) is 0 Å². The Morgan fingerprint density at radius 1 is 0.212 bits per heavy atom. The Kier molecular flexibility index (Phi) is 11.0. The van der Waals surface area contributed by atoms with Crippen molar-refractivity contribution in [1.29, 1.82) is 0 Å². The highest BCUT2D eigenvalue weighted by Gasteiger charge is 2.20. The highest BCUT2D eigenvalue weighted by Crippen LogP contribution is 2.46. The maximum absolute atomic E-state index is 2.41. The monoisotopic (exact) mass is 842 g/mol. The van der Waals surface area contributed by atoms with E-state index in [0.717, 1.165) is 39.7 Å². The molecule has 0 aliphatic carbocycles. The maximum Gasteiger partial charge on any atom is 0.0462 e. The van der Waals surface area contributed by atoms with Crippen LogP contribution in [0.25, 0.3) is 67.1 Å². The van der Waals surface area contributed by atoms with Gasteiger partial charge in [-0.15, -0.1) is 0 Å². The molecule has 66 heavy (non-hydrogen) atoms. The van der Waals surface area contributed by atoms with Gasteiger partial charge in [0, 0.05) is 34.1 Å². The second kappa shape index (κ2) is 18.2. The van der Waals surface area contributed by atoms with Crippen molar-refractivity contribution in [2.75, 3.05) is 9.80 Å². The van der Waals surface area contributed by atoms with Gasteiger partial charge < -0.3 is 9.80 Å². The molecule has 0 saturated carbocycles. The van der Waals surface area contributed by atoms with Crippen molar-refractivity contribution in [1.82, 2.24) is 0 Å². The molecule has 0 saturated heterocycles. The van der Waals surface area contributed by atoms with Crippen molar-refractivity contribution in [2.24, 2.45) is 0 Å². The van der Waals surface area contributed by atoms with E-state index in [0.29, 0.717) is 0 Å². The van der Waals surface area contributed by atoms with Crippen LogP contribution in [0.4, 0.5) is 34.1 Å². The van der Waals surface area contributed by atoms with Gasteiger partial charge in [0.1, 0.15) is 0 Å². The Balaban J connectivity index is 1.08. The van der Waals surface area contributed by atoms with Crippen LogP contribution in [0, 0.1) is 0 Å². The van der Waals surface area contributed by atoms with Gasteiger partial charge in [-0.1, -0.05) is 194 Å². The van der Waals surface area contributed by atoms with Crippen LogP contribution >= 0.6 is 0 Å². The first-order valence-electron chi connectivity index (χ1n) is 22.6. The van der Waals surface area contributed by atoms with Gasteiger partial charge in [-0.25, -0.2) is 0 Å². The van der Waals surface area contributed by atoms with Gasteiger partial charge in [-0.2, -0.15) is 0 Å². The highest BCUT2D eigenvalue weighted by molar-refractivity contribution is 6.22. The van der Waals surface area contributed by atoms with Crippen LogP contribution in [-0.4, -0.2) is 0 Å². The third-order valence-corrected chi connectivity index (χ3v) is 12.4. The van der Waals surface area contributed by atoms with Crippen LogP contribution in [0.3, 0.4) is 0 Å². The standard InChI is InChI=1S/C64H46N2/c1-6-19-47(20-7-1)33-34-48-21-18-22-51(45-48)52-39-44-61-62(46-52)64(50-37-42-58(43-38-50)66(55-27-12-4-13-28-55)56-29-14-5-15-30-56)60-32-17-16-31-59(60)63(61)49-35-40-57(41-36-49)65(53-23-8-2-9-24-53)54-25-10-3-11-26-54/h1-46H/b34-33+. The third kappa shape index (κ3) is 8.05. The zero-order valence-corrected chi connectivity index (χ0v) is 36.5. The van der Waals surface area contributed by atoms with E-state index >= 15 is 0 Å². The molecule has 0 aliphatic rings. The van der Waals surface area contributed by atoms with E-state index in [4.69, 9.17) is 0 Å². The predicted octanol–water partition coefficient (Wildman–Crippen LogP) is 18.1. The summed E-state index contributed by atoms with van der Waals surface area (Å²) in [6.07, 6.45) is 4.38. The van der Waals surface area contributed by atoms with E-state index in [9.17, 15) is 0 Å². The number of rotatable bonds is 11. The van der Waals surface area contributed by atoms with E-state index in [-0.39, 0.29) is 0 Å². The molecule has 312 valence electrons. The Morgan fingerprint density at radius 3 is 1.02 bits per heavy atom. The smallest absolute Gasteiger partial charge is 0.0462 e. The van der Waals surface area contributed by atoms with Crippen molar-refractivity contribution in [3.8, 4) is 33.4 Å². The summed E-state index contributed by atoms with van der Waals surface area (Å²) in [5.74, 6) is 0. The Hall–Kier alpha value is -8.72. The van der Waals surface area contributed by atoms with Gasteiger partial charge in [-0.05, 0) is 151 Å². The SMILES string of the molecule is C(=C\c1cccc(-c2ccc3c(-c4ccc(N(c5ccccc5)c5ccccc5)cc4)c4ccccc4c(-c4ccc(N(c5ccccc5)c5ccccc5)cc4)c3c2)c1)/c1ccccc1. The molecule has 0 aliphatic heterocycles. The van der Waals surface area contributed by atoms with Crippen LogP contribution in [-0.2, 0) is 0 Å². The lowest BCUT2D eigenvalue weighted by molar-refractivity contribution is 1.28. The number of fused-ring (bicyclic) bond motifs is 2. The first-order valence-corrected chi connectivity index (χ1v) is 22.6. The van der Waals surface area contributed by atoms with Gasteiger partial charge in [0.2, 0.25) is 0 Å². The van der Waals surface area contributed by atoms with Crippen LogP contribution in [0.5, 0.6) is 0 Å². The molecule has 2 nitrogen and oxygen atoms in total. The molecule has 0 fully saturated rings.